The van der Waals surface area contributed by atoms with Gasteiger partial charge in [0.1, 0.15) is 0 Å². The lowest BCUT2D eigenvalue weighted by Gasteiger charge is -2.19. The second kappa shape index (κ2) is 7.26. The van der Waals surface area contributed by atoms with Crippen LogP contribution in [-0.2, 0) is 9.47 Å². The van der Waals surface area contributed by atoms with Crippen LogP contribution in [0.15, 0.2) is 12.2 Å². The Morgan fingerprint density at radius 3 is 2.26 bits per heavy atom. The Hall–Kier alpha value is 0.180. The van der Waals surface area contributed by atoms with Gasteiger partial charge in [0.2, 0.25) is 0 Å². The maximum absolute atomic E-state index is 6.13. The van der Waals surface area contributed by atoms with Crippen molar-refractivity contribution in [1.29, 1.82) is 0 Å². The van der Waals surface area contributed by atoms with E-state index in [9.17, 15) is 0 Å². The molecule has 0 aromatic rings. The first-order valence-corrected chi connectivity index (χ1v) is 8.69. The quantitative estimate of drug-likeness (QED) is 0.535. The lowest BCUT2D eigenvalue weighted by Crippen LogP contribution is -2.26. The van der Waals surface area contributed by atoms with E-state index < -0.39 is 0 Å². The molecule has 0 amide bonds. The molecule has 4 heteroatoms. The smallest absolute Gasteiger partial charge is 0.0853 e. The Morgan fingerprint density at radius 2 is 1.74 bits per heavy atom. The highest BCUT2D eigenvalue weighted by Gasteiger charge is 2.43. The zero-order valence-corrected chi connectivity index (χ0v) is 14.3. The molecule has 0 saturated carbocycles. The third-order valence-corrected chi connectivity index (χ3v) is 5.75. The molecular formula is C15H20Br2O2. The molecule has 6 atom stereocenters. The third-order valence-electron chi connectivity index (χ3n) is 3.82. The zero-order valence-electron chi connectivity index (χ0n) is 11.1. The molecule has 2 nitrogen and oxygen atoms in total. The van der Waals surface area contributed by atoms with E-state index in [1.54, 1.807) is 6.08 Å². The molecule has 0 aliphatic carbocycles. The first-order chi connectivity index (χ1) is 9.15. The Labute approximate surface area is 132 Å². The summed E-state index contributed by atoms with van der Waals surface area (Å²) < 4.78 is 12.2. The van der Waals surface area contributed by atoms with Crippen LogP contribution < -0.4 is 0 Å². The maximum atomic E-state index is 6.13. The Balaban J connectivity index is 1.87. The third kappa shape index (κ3) is 3.85. The van der Waals surface area contributed by atoms with Crippen molar-refractivity contribution >= 4 is 31.9 Å². The molecule has 0 aromatic heterocycles. The van der Waals surface area contributed by atoms with Crippen molar-refractivity contribution in [3.05, 3.63) is 12.2 Å². The second-order valence-electron chi connectivity index (χ2n) is 5.14. The topological polar surface area (TPSA) is 18.5 Å². The molecular weight excluding hydrogens is 372 g/mol. The number of allylic oxidation sites excluding steroid dienone is 1. The van der Waals surface area contributed by atoms with Gasteiger partial charge in [0.25, 0.3) is 0 Å². The number of hydrogen-bond acceptors (Lipinski definition) is 2. The summed E-state index contributed by atoms with van der Waals surface area (Å²) in [6.07, 6.45) is 13.8. The maximum Gasteiger partial charge on any atom is 0.0853 e. The van der Waals surface area contributed by atoms with Crippen molar-refractivity contribution in [2.24, 2.45) is 0 Å². The Bertz CT molecular complexity index is 364. The number of hydrogen-bond donors (Lipinski definition) is 0. The van der Waals surface area contributed by atoms with Gasteiger partial charge in [-0.1, -0.05) is 50.8 Å². The van der Waals surface area contributed by atoms with Crippen LogP contribution in [0.2, 0.25) is 0 Å². The van der Waals surface area contributed by atoms with Crippen LogP contribution in [0.1, 0.15) is 32.6 Å². The van der Waals surface area contributed by atoms with E-state index in [1.165, 1.54) is 0 Å². The molecule has 0 radical (unpaired) electrons. The summed E-state index contributed by atoms with van der Waals surface area (Å²) in [7, 11) is 0. The average molecular weight is 392 g/mol. The van der Waals surface area contributed by atoms with Crippen LogP contribution in [0.5, 0.6) is 0 Å². The number of alkyl halides is 2. The van der Waals surface area contributed by atoms with Gasteiger partial charge in [0.15, 0.2) is 0 Å². The summed E-state index contributed by atoms with van der Waals surface area (Å²) in [4.78, 5) is 0.846. The van der Waals surface area contributed by atoms with Crippen LogP contribution in [0, 0.1) is 12.3 Å². The van der Waals surface area contributed by atoms with Crippen molar-refractivity contribution in [3.8, 4) is 12.3 Å². The molecule has 0 aromatic carbocycles. The molecule has 2 aliphatic rings. The SMILES string of the molecule is C#C/C=C/CC1OC(C2CC(Br)C(CC)O2)CC1Br. The van der Waals surface area contributed by atoms with E-state index in [0.29, 0.717) is 15.8 Å². The van der Waals surface area contributed by atoms with Gasteiger partial charge >= 0.3 is 0 Å². The fraction of sp³-hybridized carbons (Fsp3) is 0.733. The summed E-state index contributed by atoms with van der Waals surface area (Å²) >= 11 is 7.42. The van der Waals surface area contributed by atoms with Crippen molar-refractivity contribution in [3.63, 3.8) is 0 Å². The van der Waals surface area contributed by atoms with Crippen molar-refractivity contribution in [2.75, 3.05) is 0 Å². The number of terminal acetylenes is 1. The van der Waals surface area contributed by atoms with Gasteiger partial charge in [-0.3, -0.25) is 0 Å². The molecule has 0 N–H and O–H groups in total. The predicted octanol–water partition coefficient (Wildman–Crippen LogP) is 3.82. The van der Waals surface area contributed by atoms with Gasteiger partial charge in [-0.05, 0) is 31.8 Å². The van der Waals surface area contributed by atoms with Gasteiger partial charge in [-0.25, -0.2) is 0 Å². The minimum absolute atomic E-state index is 0.199. The molecule has 6 unspecified atom stereocenters. The molecule has 2 rings (SSSR count). The normalized spacial score (nSPS) is 42.8. The van der Waals surface area contributed by atoms with Gasteiger partial charge in [0.05, 0.1) is 24.4 Å². The number of halogens is 2. The van der Waals surface area contributed by atoms with Crippen LogP contribution in [0.3, 0.4) is 0 Å². The Kier molecular flexibility index (Phi) is 5.95. The fourth-order valence-corrected chi connectivity index (χ4v) is 4.36. The van der Waals surface area contributed by atoms with Gasteiger partial charge in [-0.2, -0.15) is 0 Å². The predicted molar refractivity (Wildman–Crippen MR) is 84.9 cm³/mol. The highest BCUT2D eigenvalue weighted by Crippen LogP contribution is 2.38. The standard InChI is InChI=1S/C15H20Br2O2/c1-3-5-6-7-13-11(17)9-15(19-13)14-8-10(16)12(4-2)18-14/h1,5-6,10-15H,4,7-9H2,2H3/b6-5+. The summed E-state index contributed by atoms with van der Waals surface area (Å²) in [5.74, 6) is 2.51. The first kappa shape index (κ1) is 15.6. The highest BCUT2D eigenvalue weighted by atomic mass is 79.9. The van der Waals surface area contributed by atoms with Gasteiger partial charge in [-0.15, -0.1) is 6.42 Å². The molecule has 2 aliphatic heterocycles. The summed E-state index contributed by atoms with van der Waals surface area (Å²) in [5.41, 5.74) is 0. The lowest BCUT2D eigenvalue weighted by atomic mass is 10.1. The molecule has 2 fully saturated rings. The monoisotopic (exact) mass is 390 g/mol. The van der Waals surface area contributed by atoms with E-state index >= 15 is 0 Å². The number of ether oxygens (including phenoxy) is 2. The van der Waals surface area contributed by atoms with E-state index in [4.69, 9.17) is 15.9 Å². The van der Waals surface area contributed by atoms with E-state index in [0.717, 1.165) is 25.7 Å². The molecule has 0 bridgehead atoms. The summed E-state index contributed by atoms with van der Waals surface area (Å²) in [6.45, 7) is 2.16. The van der Waals surface area contributed by atoms with Crippen LogP contribution >= 0.6 is 31.9 Å². The van der Waals surface area contributed by atoms with Crippen LogP contribution in [-0.4, -0.2) is 34.1 Å². The lowest BCUT2D eigenvalue weighted by molar-refractivity contribution is -0.0640. The van der Waals surface area contributed by atoms with Crippen LogP contribution in [0.25, 0.3) is 0 Å². The number of rotatable bonds is 4. The van der Waals surface area contributed by atoms with Gasteiger partial charge < -0.3 is 9.47 Å². The van der Waals surface area contributed by atoms with Crippen molar-refractivity contribution < 1.29 is 9.47 Å². The second-order valence-corrected chi connectivity index (χ2v) is 7.49. The first-order valence-electron chi connectivity index (χ1n) is 6.85. The van der Waals surface area contributed by atoms with E-state index in [1.807, 2.05) is 6.08 Å². The van der Waals surface area contributed by atoms with E-state index in [2.05, 4.69) is 44.7 Å². The molecule has 2 saturated heterocycles. The average Bonchev–Trinajstić information content (AvgIpc) is 2.93. The van der Waals surface area contributed by atoms with Crippen molar-refractivity contribution in [2.45, 2.75) is 66.7 Å². The molecule has 19 heavy (non-hydrogen) atoms. The molecule has 2 heterocycles. The Morgan fingerprint density at radius 1 is 1.16 bits per heavy atom. The van der Waals surface area contributed by atoms with Crippen molar-refractivity contribution in [1.82, 2.24) is 0 Å². The highest BCUT2D eigenvalue weighted by molar-refractivity contribution is 9.09. The van der Waals surface area contributed by atoms with Gasteiger partial charge in [0, 0.05) is 9.65 Å². The molecule has 0 spiro atoms. The minimum atomic E-state index is 0.199. The molecule has 106 valence electrons. The summed E-state index contributed by atoms with van der Waals surface area (Å²) in [5, 5.41) is 0. The summed E-state index contributed by atoms with van der Waals surface area (Å²) in [6, 6.07) is 0. The largest absolute Gasteiger partial charge is 0.371 e. The fourth-order valence-electron chi connectivity index (χ4n) is 2.78. The van der Waals surface area contributed by atoms with Crippen LogP contribution in [0.4, 0.5) is 0 Å². The minimum Gasteiger partial charge on any atom is -0.371 e. The van der Waals surface area contributed by atoms with E-state index in [-0.39, 0.29) is 18.3 Å². The zero-order chi connectivity index (χ0) is 13.8.